The average molecular weight is 543 g/mol. The van der Waals surface area contributed by atoms with Gasteiger partial charge < -0.3 is 25.8 Å². The molecule has 0 radical (unpaired) electrons. The molecular formula is C27H38N6O4S. The Morgan fingerprint density at radius 1 is 1.21 bits per heavy atom. The Hall–Kier alpha value is -3.28. The van der Waals surface area contributed by atoms with Gasteiger partial charge in [-0.05, 0) is 53.3 Å². The summed E-state index contributed by atoms with van der Waals surface area (Å²) in [5.41, 5.74) is 8.26. The molecule has 0 aliphatic carbocycles. The maximum absolute atomic E-state index is 13.0. The number of likely N-dealkylation sites (N-methyl/N-ethyl adjacent to an activating group) is 1. The molecule has 206 valence electrons. The van der Waals surface area contributed by atoms with E-state index in [9.17, 15) is 9.59 Å². The van der Waals surface area contributed by atoms with Gasteiger partial charge in [-0.1, -0.05) is 19.1 Å². The number of anilines is 2. The molecule has 2 heterocycles. The molecule has 38 heavy (non-hydrogen) atoms. The minimum atomic E-state index is -0.427. The zero-order chi connectivity index (χ0) is 28.0. The zero-order valence-electron chi connectivity index (χ0n) is 23.2. The van der Waals surface area contributed by atoms with Crippen molar-refractivity contribution in [3.8, 4) is 17.3 Å². The minimum Gasteiger partial charge on any atom is -0.461 e. The van der Waals surface area contributed by atoms with Crippen molar-refractivity contribution in [2.75, 3.05) is 44.4 Å². The molecule has 0 fully saturated rings. The molecule has 1 aromatic carbocycles. The Morgan fingerprint density at radius 2 is 1.95 bits per heavy atom. The number of aromatic nitrogens is 2. The topological polar surface area (TPSA) is 132 Å². The molecule has 10 nitrogen and oxygen atoms in total. The first kappa shape index (κ1) is 29.3. The molecule has 3 rings (SSSR count). The van der Waals surface area contributed by atoms with E-state index in [0.29, 0.717) is 50.9 Å². The van der Waals surface area contributed by atoms with Crippen LogP contribution in [0.4, 0.5) is 11.4 Å². The minimum absolute atomic E-state index is 0.132. The van der Waals surface area contributed by atoms with Gasteiger partial charge in [-0.25, -0.2) is 0 Å². The largest absolute Gasteiger partial charge is 0.461 e. The first-order valence-electron chi connectivity index (χ1n) is 12.6. The summed E-state index contributed by atoms with van der Waals surface area (Å²) in [6.45, 7) is 13.7. The number of benzene rings is 1. The molecule has 0 atom stereocenters. The van der Waals surface area contributed by atoms with Gasteiger partial charge in [0, 0.05) is 30.4 Å². The van der Waals surface area contributed by atoms with Gasteiger partial charge in [0.15, 0.2) is 0 Å². The van der Waals surface area contributed by atoms with Crippen LogP contribution in [0.3, 0.4) is 0 Å². The highest BCUT2D eigenvalue weighted by Gasteiger charge is 2.25. The number of nitrogen functional groups attached to an aromatic ring is 1. The number of carbonyl (C=O) groups is 2. The number of hydrogen-bond acceptors (Lipinski definition) is 9. The van der Waals surface area contributed by atoms with Crippen LogP contribution in [0, 0.1) is 0 Å². The molecule has 0 saturated carbocycles. The van der Waals surface area contributed by atoms with Gasteiger partial charge in [0.2, 0.25) is 5.91 Å². The number of fused-ring (bicyclic) bond motifs is 1. The van der Waals surface area contributed by atoms with Gasteiger partial charge in [0.05, 0.1) is 36.0 Å². The normalized spacial score (nSPS) is 11.8. The van der Waals surface area contributed by atoms with Crippen LogP contribution < -0.4 is 21.1 Å². The van der Waals surface area contributed by atoms with Crippen molar-refractivity contribution in [3.63, 3.8) is 0 Å². The van der Waals surface area contributed by atoms with Crippen molar-refractivity contribution in [1.29, 1.82) is 0 Å². The van der Waals surface area contributed by atoms with Crippen molar-refractivity contribution in [2.45, 2.75) is 53.2 Å². The van der Waals surface area contributed by atoms with E-state index in [4.69, 9.17) is 15.2 Å². The fourth-order valence-electron chi connectivity index (χ4n) is 3.76. The van der Waals surface area contributed by atoms with E-state index in [1.165, 1.54) is 11.3 Å². The zero-order valence-corrected chi connectivity index (χ0v) is 24.0. The first-order valence-corrected chi connectivity index (χ1v) is 13.4. The van der Waals surface area contributed by atoms with Crippen molar-refractivity contribution in [3.05, 3.63) is 29.1 Å². The first-order chi connectivity index (χ1) is 17.9. The van der Waals surface area contributed by atoms with Crippen molar-refractivity contribution in [1.82, 2.24) is 20.2 Å². The maximum atomic E-state index is 13.0. The number of carbonyl (C=O) groups excluding carboxylic acids is 2. The van der Waals surface area contributed by atoms with Crippen molar-refractivity contribution >= 4 is 44.7 Å². The summed E-state index contributed by atoms with van der Waals surface area (Å²) in [6.07, 6.45) is -0.147. The Kier molecular flexibility index (Phi) is 9.64. The Bertz CT molecular complexity index is 1280. The summed E-state index contributed by atoms with van der Waals surface area (Å²) in [5, 5.41) is 6.50. The molecule has 0 aliphatic heterocycles. The number of amides is 2. The molecule has 0 saturated heterocycles. The molecule has 0 unspecified atom stereocenters. The Balaban J connectivity index is 2.00. The van der Waals surface area contributed by atoms with E-state index < -0.39 is 5.54 Å². The predicted molar refractivity (Wildman–Crippen MR) is 153 cm³/mol. The van der Waals surface area contributed by atoms with E-state index in [1.807, 2.05) is 70.7 Å². The number of nitrogens with two attached hydrogens (primary N) is 1. The molecule has 3 aromatic rings. The van der Waals surface area contributed by atoms with Gasteiger partial charge in [-0.2, -0.15) is 9.97 Å². The third-order valence-electron chi connectivity index (χ3n) is 5.45. The van der Waals surface area contributed by atoms with Crippen LogP contribution in [0.5, 0.6) is 6.01 Å². The van der Waals surface area contributed by atoms with Crippen molar-refractivity contribution in [2.24, 2.45) is 0 Å². The molecular weight excluding hydrogens is 504 g/mol. The van der Waals surface area contributed by atoms with Crippen LogP contribution in [0.15, 0.2) is 24.3 Å². The molecule has 0 bridgehead atoms. The van der Waals surface area contributed by atoms with Gasteiger partial charge in [0.25, 0.3) is 5.91 Å². The lowest BCUT2D eigenvalue weighted by molar-refractivity contribution is -0.117. The highest BCUT2D eigenvalue weighted by molar-refractivity contribution is 7.21. The predicted octanol–water partition coefficient (Wildman–Crippen LogP) is 4.16. The highest BCUT2D eigenvalue weighted by atomic mass is 32.1. The van der Waals surface area contributed by atoms with Crippen LogP contribution in [0.25, 0.3) is 21.5 Å². The fourth-order valence-corrected chi connectivity index (χ4v) is 4.74. The number of ether oxygens (including phenoxy) is 2. The summed E-state index contributed by atoms with van der Waals surface area (Å²) >= 11 is 1.20. The second-order valence-electron chi connectivity index (χ2n) is 10.2. The smallest absolute Gasteiger partial charge is 0.318 e. The summed E-state index contributed by atoms with van der Waals surface area (Å²) in [5.74, 6) is -0.404. The monoisotopic (exact) mass is 542 g/mol. The molecule has 0 aliphatic rings. The number of methoxy groups -OCH3 is 1. The summed E-state index contributed by atoms with van der Waals surface area (Å²) in [6, 6.07) is 7.55. The SMILES string of the molecule is CCN(CCOC)CC(=O)Nc1cccc(-c2nc(OC(C)C)nc3sc(C(=O)NC(C)(C)C)c(N)c23)c1. The van der Waals surface area contributed by atoms with Crippen LogP contribution in [-0.2, 0) is 9.53 Å². The summed E-state index contributed by atoms with van der Waals surface area (Å²) in [7, 11) is 1.64. The van der Waals surface area contributed by atoms with Crippen molar-refractivity contribution < 1.29 is 19.1 Å². The average Bonchev–Trinajstić information content (AvgIpc) is 3.16. The fraction of sp³-hybridized carbons (Fsp3) is 0.481. The highest BCUT2D eigenvalue weighted by Crippen LogP contribution is 2.40. The van der Waals surface area contributed by atoms with Crippen LogP contribution in [-0.4, -0.2) is 71.7 Å². The molecule has 2 aromatic heterocycles. The molecule has 2 amide bonds. The number of rotatable bonds is 11. The number of hydrogen-bond donors (Lipinski definition) is 3. The van der Waals surface area contributed by atoms with E-state index in [2.05, 4.69) is 20.6 Å². The van der Waals surface area contributed by atoms with Gasteiger partial charge in [-0.15, -0.1) is 11.3 Å². The van der Waals surface area contributed by atoms with Gasteiger partial charge in [-0.3, -0.25) is 14.5 Å². The van der Waals surface area contributed by atoms with E-state index in [1.54, 1.807) is 7.11 Å². The standard InChI is InChI=1S/C27H38N6O4S/c1-8-33(12-13-36-7)15-19(34)29-18-11-9-10-17(14-18)22-20-21(28)23(24(35)32-27(4,5)6)38-25(20)31-26(30-22)37-16(2)3/h9-11,14,16H,8,12-13,15,28H2,1-7H3,(H,29,34)(H,32,35). The van der Waals surface area contributed by atoms with E-state index in [-0.39, 0.29) is 30.5 Å². The maximum Gasteiger partial charge on any atom is 0.318 e. The van der Waals surface area contributed by atoms with Gasteiger partial charge >= 0.3 is 6.01 Å². The number of nitrogens with zero attached hydrogens (tertiary/aromatic N) is 3. The Morgan fingerprint density at radius 3 is 2.58 bits per heavy atom. The molecule has 4 N–H and O–H groups in total. The molecule has 0 spiro atoms. The summed E-state index contributed by atoms with van der Waals surface area (Å²) in [4.78, 5) is 37.8. The van der Waals surface area contributed by atoms with E-state index in [0.717, 1.165) is 6.54 Å². The number of nitrogens with one attached hydrogen (secondary N) is 2. The van der Waals surface area contributed by atoms with Crippen LogP contribution in [0.2, 0.25) is 0 Å². The third kappa shape index (κ3) is 7.62. The molecule has 11 heteroatoms. The lowest BCUT2D eigenvalue weighted by Crippen LogP contribution is -2.40. The lowest BCUT2D eigenvalue weighted by atomic mass is 10.1. The van der Waals surface area contributed by atoms with Crippen LogP contribution in [0.1, 0.15) is 51.2 Å². The van der Waals surface area contributed by atoms with Crippen LogP contribution >= 0.6 is 11.3 Å². The second kappa shape index (κ2) is 12.5. The van der Waals surface area contributed by atoms with Gasteiger partial charge in [0.1, 0.15) is 9.71 Å². The quantitative estimate of drug-likeness (QED) is 0.329. The second-order valence-corrected chi connectivity index (χ2v) is 11.2. The third-order valence-corrected chi connectivity index (χ3v) is 6.55. The number of thiophene rings is 1. The Labute approximate surface area is 227 Å². The summed E-state index contributed by atoms with van der Waals surface area (Å²) < 4.78 is 10.9. The van der Waals surface area contributed by atoms with E-state index >= 15 is 0 Å². The lowest BCUT2D eigenvalue weighted by Gasteiger charge is -2.20.